The fraction of sp³-hybridized carbons (Fsp3) is 0.276. The number of hydrogen-bond donors (Lipinski definition) is 5. The molecule has 0 fully saturated rings. The lowest BCUT2D eigenvalue weighted by molar-refractivity contribution is 0.160. The van der Waals surface area contributed by atoms with Gasteiger partial charge in [-0.1, -0.05) is 24.3 Å². The molecule has 3 aromatic heterocycles. The predicted octanol–water partition coefficient (Wildman–Crippen LogP) is 4.95. The number of nitrogens with zero attached hydrogens (tertiary/aromatic N) is 2. The number of aliphatic hydroxyl groups excluding tert-OH is 2. The summed E-state index contributed by atoms with van der Waals surface area (Å²) in [6, 6.07) is 21.4. The van der Waals surface area contributed by atoms with Crippen LogP contribution in [0.5, 0.6) is 0 Å². The maximum Gasteiger partial charge on any atom is 0.148 e. The number of fused-ring (bicyclic) bond motifs is 2. The van der Waals surface area contributed by atoms with Crippen molar-refractivity contribution in [2.24, 2.45) is 0 Å². The van der Waals surface area contributed by atoms with Crippen LogP contribution in [0.15, 0.2) is 73.1 Å². The minimum absolute atomic E-state index is 0.123. The molecule has 192 valence electrons. The van der Waals surface area contributed by atoms with E-state index in [1.165, 1.54) is 26.8 Å². The molecular weight excluding hydrogens is 482 g/mol. The topological polar surface area (TPSA) is 96.4 Å². The van der Waals surface area contributed by atoms with Crippen LogP contribution in [-0.2, 0) is 6.54 Å². The fourth-order valence-electron chi connectivity index (χ4n) is 4.53. The average Bonchev–Trinajstić information content (AvgIpc) is 3.56. The monoisotopic (exact) mass is 515 g/mol. The molecule has 0 radical (unpaired) electrons. The lowest BCUT2D eigenvalue weighted by Crippen LogP contribution is -2.32. The van der Waals surface area contributed by atoms with Crippen LogP contribution >= 0.6 is 11.3 Å². The minimum Gasteiger partial charge on any atom is -0.395 e. The Balaban J connectivity index is 1.20. The Kier molecular flexibility index (Phi) is 8.45. The summed E-state index contributed by atoms with van der Waals surface area (Å²) in [6.45, 7) is 4.04. The minimum atomic E-state index is 0.123. The van der Waals surface area contributed by atoms with Gasteiger partial charge in [-0.25, -0.2) is 4.98 Å². The summed E-state index contributed by atoms with van der Waals surface area (Å²) in [5, 5.41) is 27.6. The number of aliphatic hydroxyl groups is 2. The second-order valence-electron chi connectivity index (χ2n) is 9.11. The Labute approximate surface area is 220 Å². The van der Waals surface area contributed by atoms with E-state index in [1.54, 1.807) is 11.3 Å². The molecule has 0 aliphatic carbocycles. The summed E-state index contributed by atoms with van der Waals surface area (Å²) in [4.78, 5) is 11.2. The number of H-pyrrole nitrogens is 1. The Morgan fingerprint density at radius 2 is 1.73 bits per heavy atom. The first-order valence-corrected chi connectivity index (χ1v) is 13.5. The molecule has 0 aliphatic rings. The average molecular weight is 516 g/mol. The molecule has 5 N–H and O–H groups in total. The van der Waals surface area contributed by atoms with Crippen molar-refractivity contribution in [3.63, 3.8) is 0 Å². The Bertz CT molecular complexity index is 1420. The number of hydrogen-bond acceptors (Lipinski definition) is 7. The zero-order chi connectivity index (χ0) is 25.5. The lowest BCUT2D eigenvalue weighted by Gasteiger charge is -2.19. The van der Waals surface area contributed by atoms with E-state index in [1.807, 2.05) is 12.4 Å². The third-order valence-corrected chi connectivity index (χ3v) is 7.68. The number of aromatic amines is 1. The van der Waals surface area contributed by atoms with E-state index in [0.29, 0.717) is 13.1 Å². The van der Waals surface area contributed by atoms with Crippen LogP contribution in [0, 0.1) is 0 Å². The largest absolute Gasteiger partial charge is 0.395 e. The zero-order valence-electron chi connectivity index (χ0n) is 20.8. The highest BCUT2D eigenvalue weighted by Gasteiger charge is 2.10. The van der Waals surface area contributed by atoms with Crippen LogP contribution in [0.25, 0.3) is 31.4 Å². The van der Waals surface area contributed by atoms with Crippen molar-refractivity contribution >= 4 is 43.8 Å². The van der Waals surface area contributed by atoms with Gasteiger partial charge in [0.25, 0.3) is 0 Å². The SMILES string of the molecule is OCCN(CCO)CCCNCc1ccc(-c2cc3ccnc(Nc4ccc5[nH]ccc5c4)c3s2)cc1. The van der Waals surface area contributed by atoms with E-state index in [2.05, 4.69) is 86.2 Å². The van der Waals surface area contributed by atoms with Gasteiger partial charge in [-0.2, -0.15) is 0 Å². The molecular formula is C29H33N5O2S. The molecule has 0 bridgehead atoms. The summed E-state index contributed by atoms with van der Waals surface area (Å²) >= 11 is 1.76. The van der Waals surface area contributed by atoms with Gasteiger partial charge in [0.15, 0.2) is 0 Å². The quantitative estimate of drug-likeness (QED) is 0.142. The van der Waals surface area contributed by atoms with Crippen molar-refractivity contribution in [3.05, 3.63) is 78.6 Å². The number of pyridine rings is 1. The van der Waals surface area contributed by atoms with Crippen LogP contribution < -0.4 is 10.6 Å². The first-order valence-electron chi connectivity index (χ1n) is 12.7. The van der Waals surface area contributed by atoms with Crippen LogP contribution in [0.4, 0.5) is 11.5 Å². The van der Waals surface area contributed by atoms with E-state index in [9.17, 15) is 0 Å². The van der Waals surface area contributed by atoms with E-state index in [0.717, 1.165) is 47.8 Å². The van der Waals surface area contributed by atoms with Crippen molar-refractivity contribution in [2.75, 3.05) is 44.7 Å². The van der Waals surface area contributed by atoms with Crippen LogP contribution in [0.2, 0.25) is 0 Å². The molecule has 5 aromatic rings. The zero-order valence-corrected chi connectivity index (χ0v) is 21.6. The molecule has 0 saturated heterocycles. The smallest absolute Gasteiger partial charge is 0.148 e. The van der Waals surface area contributed by atoms with Gasteiger partial charge in [0, 0.05) is 53.5 Å². The maximum atomic E-state index is 9.11. The van der Waals surface area contributed by atoms with Gasteiger partial charge in [-0.15, -0.1) is 11.3 Å². The van der Waals surface area contributed by atoms with Crippen molar-refractivity contribution in [2.45, 2.75) is 13.0 Å². The molecule has 0 aliphatic heterocycles. The Morgan fingerprint density at radius 3 is 2.54 bits per heavy atom. The highest BCUT2D eigenvalue weighted by atomic mass is 32.1. The first kappa shape index (κ1) is 25.4. The molecule has 37 heavy (non-hydrogen) atoms. The van der Waals surface area contributed by atoms with Crippen molar-refractivity contribution in [1.82, 2.24) is 20.2 Å². The normalized spacial score (nSPS) is 11.6. The van der Waals surface area contributed by atoms with Gasteiger partial charge in [0.2, 0.25) is 0 Å². The summed E-state index contributed by atoms with van der Waals surface area (Å²) in [5.74, 6) is 0.876. The molecule has 7 nitrogen and oxygen atoms in total. The number of rotatable bonds is 13. The standard InChI is InChI=1S/C29H33N5O2S/c35-16-14-34(15-17-36)13-1-10-30-20-21-2-4-22(5-3-21)27-19-24-9-12-32-29(28(24)37-27)33-25-6-7-26-23(18-25)8-11-31-26/h2-9,11-12,18-19,30-31,35-36H,1,10,13-17,20H2,(H,32,33). The van der Waals surface area contributed by atoms with E-state index >= 15 is 0 Å². The second-order valence-corrected chi connectivity index (χ2v) is 10.2. The van der Waals surface area contributed by atoms with Crippen molar-refractivity contribution < 1.29 is 10.2 Å². The van der Waals surface area contributed by atoms with Crippen LogP contribution in [-0.4, -0.2) is 64.5 Å². The predicted molar refractivity (Wildman–Crippen MR) is 154 cm³/mol. The van der Waals surface area contributed by atoms with Crippen LogP contribution in [0.1, 0.15) is 12.0 Å². The molecule has 2 aromatic carbocycles. The maximum absolute atomic E-state index is 9.11. The van der Waals surface area contributed by atoms with Gasteiger partial charge in [-0.3, -0.25) is 4.90 Å². The molecule has 5 rings (SSSR count). The third kappa shape index (κ3) is 6.36. The van der Waals surface area contributed by atoms with Gasteiger partial charge >= 0.3 is 0 Å². The van der Waals surface area contributed by atoms with E-state index < -0.39 is 0 Å². The fourth-order valence-corrected chi connectivity index (χ4v) is 5.63. The Hall–Kier alpha value is -3.27. The van der Waals surface area contributed by atoms with E-state index in [-0.39, 0.29) is 13.2 Å². The summed E-state index contributed by atoms with van der Waals surface area (Å²) in [6.07, 6.45) is 4.79. The number of anilines is 2. The highest BCUT2D eigenvalue weighted by Crippen LogP contribution is 2.37. The van der Waals surface area contributed by atoms with Gasteiger partial charge in [0.1, 0.15) is 5.82 Å². The molecule has 0 spiro atoms. The van der Waals surface area contributed by atoms with Gasteiger partial charge in [-0.05, 0) is 72.4 Å². The first-order chi connectivity index (χ1) is 18.2. The summed E-state index contributed by atoms with van der Waals surface area (Å²) in [7, 11) is 0. The highest BCUT2D eigenvalue weighted by molar-refractivity contribution is 7.22. The molecule has 3 heterocycles. The molecule has 0 amide bonds. The summed E-state index contributed by atoms with van der Waals surface area (Å²) < 4.78 is 1.15. The lowest BCUT2D eigenvalue weighted by atomic mass is 10.1. The molecule has 0 atom stereocenters. The van der Waals surface area contributed by atoms with E-state index in [4.69, 9.17) is 10.2 Å². The van der Waals surface area contributed by atoms with Gasteiger partial charge in [0.05, 0.1) is 17.9 Å². The van der Waals surface area contributed by atoms with Gasteiger partial charge < -0.3 is 25.8 Å². The number of benzene rings is 2. The van der Waals surface area contributed by atoms with Crippen molar-refractivity contribution in [3.8, 4) is 10.4 Å². The summed E-state index contributed by atoms with van der Waals surface area (Å²) in [5.41, 5.74) is 4.59. The number of nitrogens with one attached hydrogen (secondary N) is 3. The van der Waals surface area contributed by atoms with Crippen LogP contribution in [0.3, 0.4) is 0 Å². The second kappa shape index (κ2) is 12.3. The molecule has 0 saturated carbocycles. The molecule has 8 heteroatoms. The molecule has 0 unspecified atom stereocenters. The Morgan fingerprint density at radius 1 is 0.892 bits per heavy atom. The number of aromatic nitrogens is 2. The third-order valence-electron chi connectivity index (χ3n) is 6.48. The van der Waals surface area contributed by atoms with Crippen molar-refractivity contribution in [1.29, 1.82) is 0 Å². The number of thiophene rings is 1.